The van der Waals surface area contributed by atoms with Crippen LogP contribution in [0.2, 0.25) is 0 Å². The zero-order valence-corrected chi connectivity index (χ0v) is 40.8. The second kappa shape index (κ2) is 24.9. The Morgan fingerprint density at radius 3 is 1.27 bits per heavy atom. The molecular formula is C57H52N14O4. The van der Waals surface area contributed by atoms with Crippen molar-refractivity contribution in [2.75, 3.05) is 0 Å². The summed E-state index contributed by atoms with van der Waals surface area (Å²) in [7, 11) is 0. The number of nitrogens with one attached hydrogen (secondary N) is 7. The summed E-state index contributed by atoms with van der Waals surface area (Å²) in [6.07, 6.45) is -1.24. The van der Waals surface area contributed by atoms with Crippen LogP contribution < -0.4 is 5.69 Å². The fourth-order valence-electron chi connectivity index (χ4n) is 7.52. The molecule has 6 aromatic heterocycles. The van der Waals surface area contributed by atoms with Crippen LogP contribution in [0, 0.1) is 17.9 Å². The Labute approximate surface area is 428 Å². The number of nitrogens with zero attached hydrogens (tertiary/aromatic N) is 7. The van der Waals surface area contributed by atoms with Gasteiger partial charge in [0, 0.05) is 0 Å². The smallest absolute Gasteiger partial charge is 0.323 e. The summed E-state index contributed by atoms with van der Waals surface area (Å²) in [6, 6.07) is 57.8. The number of aromatic amines is 7. The summed E-state index contributed by atoms with van der Waals surface area (Å²) in [5, 5.41) is 36.9. The summed E-state index contributed by atoms with van der Waals surface area (Å²) < 4.78 is 0. The Balaban J connectivity index is 0.000000121. The first kappa shape index (κ1) is 51.4. The Hall–Kier alpha value is -9.98. The molecule has 6 heterocycles. The Morgan fingerprint density at radius 2 is 0.840 bits per heavy atom. The van der Waals surface area contributed by atoms with Crippen LogP contribution in [0.15, 0.2) is 181 Å². The molecule has 7 aromatic carbocycles. The minimum absolute atomic E-state index is 0.0331. The van der Waals surface area contributed by atoms with Gasteiger partial charge < -0.3 is 55.1 Å². The van der Waals surface area contributed by atoms with Crippen molar-refractivity contribution in [3.63, 3.8) is 0 Å². The number of imidazole rings is 6. The molecule has 0 aliphatic rings. The molecule has 0 radical (unpaired) electrons. The number of fused-ring (bicyclic) bond motifs is 6. The fourth-order valence-corrected chi connectivity index (χ4v) is 7.52. The molecule has 0 aliphatic heterocycles. The van der Waals surface area contributed by atoms with Crippen molar-refractivity contribution < 1.29 is 15.3 Å². The second-order valence-electron chi connectivity index (χ2n) is 16.8. The third kappa shape index (κ3) is 13.5. The molecule has 0 aliphatic carbocycles. The average molecular weight is 997 g/mol. The van der Waals surface area contributed by atoms with Gasteiger partial charge in [-0.05, 0) is 92.2 Å². The van der Waals surface area contributed by atoms with Crippen molar-refractivity contribution in [3.05, 3.63) is 233 Å². The van der Waals surface area contributed by atoms with Crippen molar-refractivity contribution in [1.29, 1.82) is 5.26 Å². The number of benzene rings is 7. The maximum absolute atomic E-state index is 10.7. The van der Waals surface area contributed by atoms with Gasteiger partial charge in [-0.3, -0.25) is 0 Å². The van der Waals surface area contributed by atoms with Gasteiger partial charge in [-0.1, -0.05) is 103 Å². The lowest BCUT2D eigenvalue weighted by molar-refractivity contribution is 0.190. The predicted octanol–water partition coefficient (Wildman–Crippen LogP) is 10.3. The predicted molar refractivity (Wildman–Crippen MR) is 291 cm³/mol. The van der Waals surface area contributed by atoms with Crippen LogP contribution in [0.4, 0.5) is 0 Å². The summed E-state index contributed by atoms with van der Waals surface area (Å²) in [4.78, 5) is 55.8. The monoisotopic (exact) mass is 996 g/mol. The molecule has 13 rings (SSSR count). The number of aliphatic hydroxyl groups is 3. The Morgan fingerprint density at radius 1 is 0.480 bits per heavy atom. The van der Waals surface area contributed by atoms with Crippen molar-refractivity contribution in [1.82, 2.24) is 59.8 Å². The van der Waals surface area contributed by atoms with E-state index in [1.807, 2.05) is 183 Å². The van der Waals surface area contributed by atoms with Crippen molar-refractivity contribution in [2.45, 2.75) is 45.1 Å². The molecule has 0 bridgehead atoms. The largest absolute Gasteiger partial charge is 0.388 e. The fraction of sp³-hybridized carbons (Fsp3) is 0.123. The third-order valence-electron chi connectivity index (χ3n) is 11.3. The molecule has 75 heavy (non-hydrogen) atoms. The number of hydrogen-bond donors (Lipinski definition) is 10. The van der Waals surface area contributed by atoms with Gasteiger partial charge in [-0.15, -0.1) is 0 Å². The van der Waals surface area contributed by atoms with E-state index >= 15 is 0 Å². The lowest BCUT2D eigenvalue weighted by atomic mass is 10.1. The Kier molecular flexibility index (Phi) is 17.1. The van der Waals surface area contributed by atoms with Crippen LogP contribution in [0.3, 0.4) is 0 Å². The number of rotatable bonds is 6. The topological polar surface area (TPSA) is 281 Å². The molecule has 0 amide bonds. The van der Waals surface area contributed by atoms with Crippen LogP contribution in [0.5, 0.6) is 0 Å². The number of nitriles is 1. The number of para-hydroxylation sites is 12. The molecule has 374 valence electrons. The van der Waals surface area contributed by atoms with Crippen LogP contribution >= 0.6 is 0 Å². The highest BCUT2D eigenvalue weighted by atomic mass is 16.3. The maximum atomic E-state index is 10.7. The van der Waals surface area contributed by atoms with E-state index in [-0.39, 0.29) is 18.2 Å². The summed E-state index contributed by atoms with van der Waals surface area (Å²) in [5.74, 6) is 3.13. The van der Waals surface area contributed by atoms with E-state index < -0.39 is 12.2 Å². The maximum Gasteiger partial charge on any atom is 0.323 e. The summed E-state index contributed by atoms with van der Waals surface area (Å²) >= 11 is 0. The van der Waals surface area contributed by atoms with E-state index in [1.165, 1.54) is 0 Å². The van der Waals surface area contributed by atoms with E-state index in [1.54, 1.807) is 6.92 Å². The average Bonchev–Trinajstić information content (AvgIpc) is 4.33. The molecule has 0 saturated heterocycles. The lowest BCUT2D eigenvalue weighted by Gasteiger charge is -2.06. The van der Waals surface area contributed by atoms with Gasteiger partial charge in [-0.2, -0.15) is 5.26 Å². The standard InChI is InChI=1S/C14H12N2O.C10H9N3.C9H7N3.C9H10N2O.C8H8N2O.C7H6N2O/c17-13(10-6-2-1-3-7-10)14-15-11-8-4-5-9-12(11)16-14;1-7(6-11)10-12-8-4-2-3-5-9(8)13-10;1-10-6-9-11-7-4-2-3-5-8(7)12-9;1-6(12)9-10-7-4-2-3-5-8(7)11-9;11-5-8-9-6-3-1-2-4-7(6)10-8;10-7-8-5-3-1-2-4-6(5)9-7/h1-9,13,17H,(H,15,16);2-5,7H,1H3,(H,12,13);2-5H,6H2,(H,11,12);2-6,12H,1H3,(H,10,11);1-4,11H,5H2,(H,9,10);1-4H,(H2,8,9,10). The quantitative estimate of drug-likeness (QED) is 0.0703. The number of aromatic nitrogens is 12. The van der Waals surface area contributed by atoms with Gasteiger partial charge >= 0.3 is 5.69 Å². The lowest BCUT2D eigenvalue weighted by Crippen LogP contribution is -2.01. The van der Waals surface area contributed by atoms with Gasteiger partial charge in [0.05, 0.1) is 72.3 Å². The highest BCUT2D eigenvalue weighted by Crippen LogP contribution is 2.22. The molecule has 18 heteroatoms. The first-order valence-electron chi connectivity index (χ1n) is 23.7. The molecule has 3 unspecified atom stereocenters. The molecule has 10 N–H and O–H groups in total. The van der Waals surface area contributed by atoms with Crippen molar-refractivity contribution in [3.8, 4) is 6.07 Å². The number of hydrogen-bond acceptors (Lipinski definition) is 10. The number of H-pyrrole nitrogens is 7. The molecular weight excluding hydrogens is 945 g/mol. The van der Waals surface area contributed by atoms with Crippen LogP contribution in [-0.4, -0.2) is 75.1 Å². The summed E-state index contributed by atoms with van der Waals surface area (Å²) in [5.41, 5.74) is 11.8. The van der Waals surface area contributed by atoms with Gasteiger partial charge in [0.15, 0.2) is 5.82 Å². The molecule has 18 nitrogen and oxygen atoms in total. The molecule has 0 spiro atoms. The van der Waals surface area contributed by atoms with E-state index in [2.05, 4.69) is 70.7 Å². The molecule has 0 saturated carbocycles. The molecule has 0 fully saturated rings. The highest BCUT2D eigenvalue weighted by Gasteiger charge is 2.14. The van der Waals surface area contributed by atoms with Gasteiger partial charge in [0.1, 0.15) is 48.0 Å². The number of aliphatic hydroxyl groups excluding tert-OH is 3. The minimum Gasteiger partial charge on any atom is -0.388 e. The first-order valence-corrected chi connectivity index (χ1v) is 23.7. The SMILES string of the molecule is CC(C#N)c1nc2ccccc2[nH]1.CC(O)c1nc2ccccc2[nH]1.O=c1[nH]c2ccccc2[nH]1.OC(c1ccccc1)c1nc2ccccc2[nH]1.OCc1nc2ccccc2[nH]1.[C-]#[N+]Cc1nc2ccccc2[nH]1. The zero-order chi connectivity index (χ0) is 52.5. The molecule has 3 atom stereocenters. The second-order valence-corrected chi connectivity index (χ2v) is 16.8. The Bertz CT molecular complexity index is 3840. The van der Waals surface area contributed by atoms with Gasteiger partial charge in [-0.25, -0.2) is 36.3 Å². The molecule has 13 aromatic rings. The normalized spacial score (nSPS) is 11.8. The van der Waals surface area contributed by atoms with E-state index in [9.17, 15) is 15.0 Å². The van der Waals surface area contributed by atoms with Gasteiger partial charge in [0.25, 0.3) is 6.54 Å². The van der Waals surface area contributed by atoms with E-state index in [0.717, 1.165) is 83.4 Å². The van der Waals surface area contributed by atoms with Crippen molar-refractivity contribution in [2.24, 2.45) is 0 Å². The van der Waals surface area contributed by atoms with E-state index in [4.69, 9.17) is 16.9 Å². The highest BCUT2D eigenvalue weighted by molar-refractivity contribution is 5.78. The zero-order valence-electron chi connectivity index (χ0n) is 40.8. The first-order chi connectivity index (χ1) is 36.6. The van der Waals surface area contributed by atoms with Crippen LogP contribution in [0.1, 0.15) is 66.7 Å². The van der Waals surface area contributed by atoms with Gasteiger partial charge in [0.2, 0.25) is 0 Å². The third-order valence-corrected chi connectivity index (χ3v) is 11.3. The van der Waals surface area contributed by atoms with E-state index in [0.29, 0.717) is 24.0 Å². The van der Waals surface area contributed by atoms with Crippen molar-refractivity contribution >= 4 is 66.2 Å². The summed E-state index contributed by atoms with van der Waals surface area (Å²) in [6.45, 7) is 10.5. The van der Waals surface area contributed by atoms with Crippen LogP contribution in [-0.2, 0) is 13.2 Å². The van der Waals surface area contributed by atoms with Crippen LogP contribution in [0.25, 0.3) is 71.0 Å². The minimum atomic E-state index is -0.705.